The average molecular weight is 453 g/mol. The number of ether oxygens (including phenoxy) is 1. The summed E-state index contributed by atoms with van der Waals surface area (Å²) in [5, 5.41) is 8.00. The van der Waals surface area contributed by atoms with E-state index in [1.54, 1.807) is 16.9 Å². The van der Waals surface area contributed by atoms with E-state index in [2.05, 4.69) is 20.3 Å². The maximum Gasteiger partial charge on any atom is 0.253 e. The number of aryl methyl sites for hydroxylation is 2. The molecule has 9 nitrogen and oxygen atoms in total. The fraction of sp³-hybridized carbons (Fsp3) is 0.500. The standard InChI is InChI=1S/C24H32N6O3/c1-14(2)30-22-19(13-26-30)17(11-20(28-22)33-21-8-6-7-9-29(21)5)23(31)25-12-18-15(3)10-16(4)27-24(18)32/h10-11,13-14,21H,6-9,12H2,1-5H3,(H,25,31)(H,27,32). The fourth-order valence-electron chi connectivity index (χ4n) is 4.32. The van der Waals surface area contributed by atoms with Crippen molar-refractivity contribution < 1.29 is 9.53 Å². The Morgan fingerprint density at radius 3 is 2.79 bits per heavy atom. The third kappa shape index (κ3) is 4.78. The summed E-state index contributed by atoms with van der Waals surface area (Å²) in [4.78, 5) is 35.3. The lowest BCUT2D eigenvalue weighted by atomic mass is 10.1. The summed E-state index contributed by atoms with van der Waals surface area (Å²) in [6.45, 7) is 8.83. The van der Waals surface area contributed by atoms with Crippen molar-refractivity contribution in [2.45, 2.75) is 65.8 Å². The van der Waals surface area contributed by atoms with Gasteiger partial charge in [-0.15, -0.1) is 0 Å². The Balaban J connectivity index is 1.66. The molecule has 1 fully saturated rings. The fourth-order valence-corrected chi connectivity index (χ4v) is 4.32. The molecule has 4 heterocycles. The van der Waals surface area contributed by atoms with Gasteiger partial charge in [-0.05, 0) is 65.6 Å². The Kier molecular flexibility index (Phi) is 6.51. The van der Waals surface area contributed by atoms with Gasteiger partial charge in [-0.3, -0.25) is 14.5 Å². The summed E-state index contributed by atoms with van der Waals surface area (Å²) in [6, 6.07) is 3.65. The van der Waals surface area contributed by atoms with Gasteiger partial charge in [0.15, 0.2) is 11.9 Å². The van der Waals surface area contributed by atoms with Crippen molar-refractivity contribution in [1.82, 2.24) is 30.0 Å². The number of piperidine rings is 1. The number of carbonyl (C=O) groups is 1. The zero-order chi connectivity index (χ0) is 23.7. The van der Waals surface area contributed by atoms with Gasteiger partial charge in [0.1, 0.15) is 0 Å². The van der Waals surface area contributed by atoms with Crippen LogP contribution in [-0.4, -0.2) is 50.4 Å². The second-order valence-electron chi connectivity index (χ2n) is 9.10. The Hall–Kier alpha value is -3.20. The largest absolute Gasteiger partial charge is 0.458 e. The maximum absolute atomic E-state index is 13.3. The first-order chi connectivity index (χ1) is 15.7. The molecule has 1 aliphatic rings. The smallest absolute Gasteiger partial charge is 0.253 e. The highest BCUT2D eigenvalue weighted by Gasteiger charge is 2.24. The summed E-state index contributed by atoms with van der Waals surface area (Å²) in [5.74, 6) is 0.102. The summed E-state index contributed by atoms with van der Waals surface area (Å²) < 4.78 is 8.01. The summed E-state index contributed by atoms with van der Waals surface area (Å²) in [5.41, 5.74) is 3.02. The second kappa shape index (κ2) is 9.35. The minimum atomic E-state index is -0.299. The molecule has 0 aromatic carbocycles. The van der Waals surface area contributed by atoms with E-state index in [1.165, 1.54) is 0 Å². The van der Waals surface area contributed by atoms with Crippen molar-refractivity contribution in [3.8, 4) is 5.88 Å². The summed E-state index contributed by atoms with van der Waals surface area (Å²) in [7, 11) is 2.04. The van der Waals surface area contributed by atoms with E-state index >= 15 is 0 Å². The number of nitrogens with zero attached hydrogens (tertiary/aromatic N) is 4. The number of nitrogens with one attached hydrogen (secondary N) is 2. The zero-order valence-corrected chi connectivity index (χ0v) is 19.9. The Labute approximate surface area is 193 Å². The van der Waals surface area contributed by atoms with Crippen LogP contribution >= 0.6 is 0 Å². The van der Waals surface area contributed by atoms with Gasteiger partial charge in [0.2, 0.25) is 5.88 Å². The van der Waals surface area contributed by atoms with E-state index in [0.29, 0.717) is 28.0 Å². The van der Waals surface area contributed by atoms with Crippen LogP contribution in [0.2, 0.25) is 0 Å². The molecule has 1 aliphatic heterocycles. The molecule has 0 aliphatic carbocycles. The van der Waals surface area contributed by atoms with Crippen molar-refractivity contribution >= 4 is 16.9 Å². The van der Waals surface area contributed by atoms with Gasteiger partial charge in [-0.25, -0.2) is 4.68 Å². The molecular formula is C24H32N6O3. The number of carbonyl (C=O) groups excluding carboxylic acids is 1. The molecule has 176 valence electrons. The second-order valence-corrected chi connectivity index (χ2v) is 9.10. The third-order valence-electron chi connectivity index (χ3n) is 6.16. The quantitative estimate of drug-likeness (QED) is 0.596. The van der Waals surface area contributed by atoms with Gasteiger partial charge in [-0.1, -0.05) is 0 Å². The first-order valence-corrected chi connectivity index (χ1v) is 11.5. The number of pyridine rings is 2. The van der Waals surface area contributed by atoms with Gasteiger partial charge < -0.3 is 15.0 Å². The molecule has 1 saturated heterocycles. The molecule has 9 heteroatoms. The number of aromatic nitrogens is 4. The van der Waals surface area contributed by atoms with Crippen molar-refractivity contribution in [2.75, 3.05) is 13.6 Å². The number of hydrogen-bond donors (Lipinski definition) is 2. The lowest BCUT2D eigenvalue weighted by Crippen LogP contribution is -2.40. The number of rotatable bonds is 6. The molecule has 0 bridgehead atoms. The van der Waals surface area contributed by atoms with Crippen LogP contribution in [0.15, 0.2) is 23.1 Å². The minimum absolute atomic E-state index is 0.0762. The highest BCUT2D eigenvalue weighted by atomic mass is 16.5. The van der Waals surface area contributed by atoms with E-state index in [1.807, 2.05) is 40.8 Å². The summed E-state index contributed by atoms with van der Waals surface area (Å²) in [6.07, 6.45) is 4.74. The summed E-state index contributed by atoms with van der Waals surface area (Å²) >= 11 is 0. The molecule has 1 amide bonds. The van der Waals surface area contributed by atoms with E-state index in [0.717, 1.165) is 37.1 Å². The van der Waals surface area contributed by atoms with E-state index in [9.17, 15) is 9.59 Å². The Morgan fingerprint density at radius 2 is 2.09 bits per heavy atom. The molecule has 0 spiro atoms. The topological polar surface area (TPSA) is 105 Å². The molecule has 0 radical (unpaired) electrons. The van der Waals surface area contributed by atoms with Gasteiger partial charge in [0, 0.05) is 36.5 Å². The normalized spacial score (nSPS) is 17.0. The van der Waals surface area contributed by atoms with Crippen LogP contribution in [0.5, 0.6) is 5.88 Å². The predicted octanol–water partition coefficient (Wildman–Crippen LogP) is 3.07. The van der Waals surface area contributed by atoms with E-state index < -0.39 is 0 Å². The van der Waals surface area contributed by atoms with Gasteiger partial charge in [0.05, 0.1) is 17.1 Å². The number of hydrogen-bond acceptors (Lipinski definition) is 6. The van der Waals surface area contributed by atoms with Crippen molar-refractivity contribution in [1.29, 1.82) is 0 Å². The lowest BCUT2D eigenvalue weighted by Gasteiger charge is -2.32. The van der Waals surface area contributed by atoms with Crippen molar-refractivity contribution in [3.05, 3.63) is 51.1 Å². The first kappa shape index (κ1) is 23.0. The van der Waals surface area contributed by atoms with Crippen LogP contribution in [0, 0.1) is 13.8 Å². The molecule has 0 saturated carbocycles. The molecule has 1 atom stereocenters. The van der Waals surface area contributed by atoms with Gasteiger partial charge in [-0.2, -0.15) is 10.1 Å². The van der Waals surface area contributed by atoms with Crippen LogP contribution in [0.4, 0.5) is 0 Å². The van der Waals surface area contributed by atoms with Crippen LogP contribution in [0.1, 0.15) is 66.3 Å². The molecular weight excluding hydrogens is 420 g/mol. The Bertz CT molecular complexity index is 1230. The number of fused-ring (bicyclic) bond motifs is 1. The van der Waals surface area contributed by atoms with Gasteiger partial charge in [0.25, 0.3) is 11.5 Å². The van der Waals surface area contributed by atoms with Gasteiger partial charge >= 0.3 is 0 Å². The average Bonchev–Trinajstić information content (AvgIpc) is 3.18. The van der Waals surface area contributed by atoms with E-state index in [4.69, 9.17) is 9.72 Å². The Morgan fingerprint density at radius 1 is 1.30 bits per heavy atom. The zero-order valence-electron chi connectivity index (χ0n) is 19.9. The molecule has 1 unspecified atom stereocenters. The molecule has 3 aromatic rings. The highest BCUT2D eigenvalue weighted by Crippen LogP contribution is 2.26. The highest BCUT2D eigenvalue weighted by molar-refractivity contribution is 6.05. The monoisotopic (exact) mass is 452 g/mol. The molecule has 3 aromatic heterocycles. The van der Waals surface area contributed by atoms with Crippen molar-refractivity contribution in [3.63, 3.8) is 0 Å². The van der Waals surface area contributed by atoms with Crippen LogP contribution < -0.4 is 15.6 Å². The number of amides is 1. The van der Waals surface area contributed by atoms with Crippen molar-refractivity contribution in [2.24, 2.45) is 0 Å². The SMILES string of the molecule is Cc1cc(C)c(CNC(=O)c2cc(OC3CCCCN3C)nc3c2cnn3C(C)C)c(=O)[nH]1. The predicted molar refractivity (Wildman–Crippen MR) is 127 cm³/mol. The maximum atomic E-state index is 13.3. The molecule has 33 heavy (non-hydrogen) atoms. The van der Waals surface area contributed by atoms with E-state index in [-0.39, 0.29) is 30.3 Å². The van der Waals surface area contributed by atoms with Crippen LogP contribution in [-0.2, 0) is 6.54 Å². The minimum Gasteiger partial charge on any atom is -0.458 e. The molecule has 4 rings (SSSR count). The molecule has 2 N–H and O–H groups in total. The number of aromatic amines is 1. The number of likely N-dealkylation sites (tertiary alicyclic amines) is 1. The first-order valence-electron chi connectivity index (χ1n) is 11.5. The lowest BCUT2D eigenvalue weighted by molar-refractivity contribution is 0.0119. The van der Waals surface area contributed by atoms with Crippen LogP contribution in [0.3, 0.4) is 0 Å². The third-order valence-corrected chi connectivity index (χ3v) is 6.16. The van der Waals surface area contributed by atoms with Crippen LogP contribution in [0.25, 0.3) is 11.0 Å². The number of H-pyrrole nitrogens is 1.